The third kappa shape index (κ3) is 7.26. The van der Waals surface area contributed by atoms with Crippen LogP contribution >= 0.6 is 23.1 Å². The smallest absolute Gasteiger partial charge is 0.319 e. The molecule has 0 aliphatic carbocycles. The van der Waals surface area contributed by atoms with E-state index in [2.05, 4.69) is 23.6 Å². The van der Waals surface area contributed by atoms with Crippen molar-refractivity contribution in [1.29, 1.82) is 0 Å². The van der Waals surface area contributed by atoms with E-state index in [-0.39, 0.29) is 30.8 Å². The molecule has 4 aromatic carbocycles. The van der Waals surface area contributed by atoms with Crippen LogP contribution in [0, 0.1) is 5.92 Å². The van der Waals surface area contributed by atoms with Gasteiger partial charge in [0.15, 0.2) is 10.6 Å². The molecule has 6 rings (SSSR count). The van der Waals surface area contributed by atoms with Gasteiger partial charge in [0.1, 0.15) is 0 Å². The quantitative estimate of drug-likeness (QED) is 0.148. The van der Waals surface area contributed by atoms with Gasteiger partial charge in [0.2, 0.25) is 0 Å². The molecule has 2 heterocycles. The Kier molecular flexibility index (Phi) is 9.36. The fraction of sp³-hybridized carbons (Fsp3) is 0.235. The molecule has 1 saturated heterocycles. The number of aromatic nitrogens is 1. The van der Waals surface area contributed by atoms with Crippen LogP contribution < -0.4 is 10.6 Å². The lowest BCUT2D eigenvalue weighted by atomic mass is 9.91. The van der Waals surface area contributed by atoms with Crippen molar-refractivity contribution >= 4 is 45.0 Å². The van der Waals surface area contributed by atoms with Gasteiger partial charge in [-0.25, -0.2) is 9.78 Å². The molecule has 0 unspecified atom stereocenters. The molecule has 0 saturated carbocycles. The summed E-state index contributed by atoms with van der Waals surface area (Å²) in [5.41, 5.74) is 5.50. The molecule has 1 fully saturated rings. The minimum atomic E-state index is -0.583. The van der Waals surface area contributed by atoms with Crippen molar-refractivity contribution in [3.63, 3.8) is 0 Å². The van der Waals surface area contributed by atoms with E-state index < -0.39 is 6.29 Å². The maximum Gasteiger partial charge on any atom is 0.319 e. The predicted octanol–water partition coefficient (Wildman–Crippen LogP) is 7.69. The van der Waals surface area contributed by atoms with E-state index in [0.717, 1.165) is 37.9 Å². The molecule has 5 aromatic rings. The summed E-state index contributed by atoms with van der Waals surface area (Å²) in [5, 5.41) is 15.3. The molecule has 1 aliphatic heterocycles. The first-order valence-corrected chi connectivity index (χ1v) is 16.0. The van der Waals surface area contributed by atoms with Gasteiger partial charge in [-0.05, 0) is 41.0 Å². The van der Waals surface area contributed by atoms with Gasteiger partial charge in [-0.3, -0.25) is 0 Å². The van der Waals surface area contributed by atoms with Crippen LogP contribution in [-0.2, 0) is 22.6 Å². The molecular formula is C34H33N3O4S2. The molecule has 0 spiro atoms. The molecule has 1 aromatic heterocycles. The molecule has 0 radical (unpaired) electrons. The number of benzene rings is 4. The highest BCUT2D eigenvalue weighted by Crippen LogP contribution is 2.43. The van der Waals surface area contributed by atoms with Crippen LogP contribution in [0.3, 0.4) is 0 Å². The number of para-hydroxylation sites is 1. The predicted molar refractivity (Wildman–Crippen MR) is 172 cm³/mol. The molecule has 43 heavy (non-hydrogen) atoms. The van der Waals surface area contributed by atoms with E-state index >= 15 is 0 Å². The Morgan fingerprint density at radius 3 is 2.35 bits per heavy atom. The number of hydrogen-bond acceptors (Lipinski definition) is 7. The number of fused-ring (bicyclic) bond motifs is 1. The summed E-state index contributed by atoms with van der Waals surface area (Å²) in [6.45, 7) is 2.61. The zero-order chi connectivity index (χ0) is 29.6. The van der Waals surface area contributed by atoms with E-state index in [1.54, 1.807) is 23.1 Å². The van der Waals surface area contributed by atoms with Crippen molar-refractivity contribution in [3.05, 3.63) is 125 Å². The van der Waals surface area contributed by atoms with E-state index in [9.17, 15) is 9.90 Å². The zero-order valence-electron chi connectivity index (χ0n) is 23.7. The number of ether oxygens (including phenoxy) is 2. The first-order chi connectivity index (χ1) is 21.1. The van der Waals surface area contributed by atoms with Gasteiger partial charge in [-0.2, -0.15) is 0 Å². The molecular weight excluding hydrogens is 579 g/mol. The number of carbonyl (C=O) groups is 1. The van der Waals surface area contributed by atoms with E-state index in [0.29, 0.717) is 12.2 Å². The van der Waals surface area contributed by atoms with Gasteiger partial charge in [-0.15, -0.1) is 11.3 Å². The number of hydrogen-bond donors (Lipinski definition) is 3. The average Bonchev–Trinajstić information content (AvgIpc) is 3.47. The van der Waals surface area contributed by atoms with Gasteiger partial charge < -0.3 is 25.2 Å². The van der Waals surface area contributed by atoms with Crippen LogP contribution in [0.1, 0.15) is 41.6 Å². The first-order valence-electron chi connectivity index (χ1n) is 14.2. The number of amides is 2. The highest BCUT2D eigenvalue weighted by Gasteiger charge is 2.38. The Morgan fingerprint density at radius 2 is 1.60 bits per heavy atom. The fourth-order valence-electron chi connectivity index (χ4n) is 5.05. The monoisotopic (exact) mass is 611 g/mol. The van der Waals surface area contributed by atoms with Crippen molar-refractivity contribution in [2.24, 2.45) is 5.92 Å². The molecule has 4 atom stereocenters. The van der Waals surface area contributed by atoms with Crippen LogP contribution in [0.5, 0.6) is 0 Å². The number of nitrogens with zero attached hydrogens (tertiary/aromatic N) is 1. The third-order valence-electron chi connectivity index (χ3n) is 7.51. The number of thiazole rings is 1. The lowest BCUT2D eigenvalue weighted by Crippen LogP contribution is -2.38. The van der Waals surface area contributed by atoms with Crippen LogP contribution in [0.15, 0.2) is 107 Å². The van der Waals surface area contributed by atoms with Gasteiger partial charge in [0, 0.05) is 29.5 Å². The number of urea groups is 1. The summed E-state index contributed by atoms with van der Waals surface area (Å²) in [4.78, 5) is 17.2. The zero-order valence-corrected chi connectivity index (χ0v) is 25.3. The maximum atomic E-state index is 12.4. The Morgan fingerprint density at radius 1 is 0.884 bits per heavy atom. The van der Waals surface area contributed by atoms with Crippen LogP contribution in [0.2, 0.25) is 0 Å². The highest BCUT2D eigenvalue weighted by molar-refractivity contribution is 8.01. The summed E-state index contributed by atoms with van der Waals surface area (Å²) in [6.07, 6.45) is -0.880. The van der Waals surface area contributed by atoms with E-state index in [1.165, 1.54) is 4.70 Å². The maximum absolute atomic E-state index is 12.4. The Balaban J connectivity index is 1.16. The number of aliphatic hydroxyl groups is 1. The number of anilines is 1. The minimum absolute atomic E-state index is 0.000805. The molecule has 7 nitrogen and oxygen atoms in total. The summed E-state index contributed by atoms with van der Waals surface area (Å²) < 4.78 is 15.3. The number of rotatable bonds is 9. The first kappa shape index (κ1) is 29.3. The van der Waals surface area contributed by atoms with Crippen molar-refractivity contribution < 1.29 is 19.4 Å². The Labute approximate surface area is 259 Å². The fourth-order valence-corrected chi connectivity index (χ4v) is 7.31. The van der Waals surface area contributed by atoms with E-state index in [1.807, 2.05) is 97.1 Å². The molecule has 220 valence electrons. The summed E-state index contributed by atoms with van der Waals surface area (Å²) in [6, 6.07) is 33.2. The SMILES string of the molecule is C[C@H]1[C@@H](CSc2nc3ccccc3s2)O[C@@H](c2ccc(NC(=O)NCc3ccccc3)cc2)O[C@H]1c1ccc(CO)cc1. The van der Waals surface area contributed by atoms with Crippen LogP contribution in [0.4, 0.5) is 10.5 Å². The number of nitrogens with one attached hydrogen (secondary N) is 2. The molecule has 9 heteroatoms. The Bertz CT molecular complexity index is 1610. The topological polar surface area (TPSA) is 92.7 Å². The number of aliphatic hydroxyl groups excluding tert-OH is 1. The second-order valence-electron chi connectivity index (χ2n) is 10.5. The molecule has 0 bridgehead atoms. The summed E-state index contributed by atoms with van der Waals surface area (Å²) >= 11 is 3.40. The highest BCUT2D eigenvalue weighted by atomic mass is 32.2. The summed E-state index contributed by atoms with van der Waals surface area (Å²) in [7, 11) is 0. The molecule has 1 aliphatic rings. The van der Waals surface area contributed by atoms with E-state index in [4.69, 9.17) is 14.5 Å². The largest absolute Gasteiger partial charge is 0.392 e. The second-order valence-corrected chi connectivity index (χ2v) is 12.8. The van der Waals surface area contributed by atoms with Crippen molar-refractivity contribution in [2.75, 3.05) is 11.1 Å². The van der Waals surface area contributed by atoms with Gasteiger partial charge in [-0.1, -0.05) is 97.5 Å². The van der Waals surface area contributed by atoms with Gasteiger partial charge in [0.05, 0.1) is 29.0 Å². The third-order valence-corrected chi connectivity index (χ3v) is 9.77. The van der Waals surface area contributed by atoms with Crippen LogP contribution in [0.25, 0.3) is 10.2 Å². The average molecular weight is 612 g/mol. The van der Waals surface area contributed by atoms with Crippen molar-refractivity contribution in [3.8, 4) is 0 Å². The normalized spacial score (nSPS) is 20.1. The minimum Gasteiger partial charge on any atom is -0.392 e. The van der Waals surface area contributed by atoms with Crippen molar-refractivity contribution in [1.82, 2.24) is 10.3 Å². The molecule has 3 N–H and O–H groups in total. The molecule has 2 amide bonds. The van der Waals surface area contributed by atoms with Gasteiger partial charge in [0.25, 0.3) is 0 Å². The lowest BCUT2D eigenvalue weighted by molar-refractivity contribution is -0.268. The number of thioether (sulfide) groups is 1. The second kappa shape index (κ2) is 13.7. The standard InChI is InChI=1S/C34H33N3O4S2/c1-22-29(21-42-34-37-28-9-5-6-10-30(28)43-34)40-32(41-31(22)25-13-11-24(20-38)12-14-25)26-15-17-27(18-16-26)36-33(39)35-19-23-7-3-2-4-8-23/h2-18,22,29,31-32,38H,19-21H2,1H3,(H2,35,36,39)/t22-,29+,31+,32+/m0/s1. The van der Waals surface area contributed by atoms with Crippen molar-refractivity contribution in [2.45, 2.75) is 42.9 Å². The summed E-state index contributed by atoms with van der Waals surface area (Å²) in [5.74, 6) is 0.806. The van der Waals surface area contributed by atoms with Crippen LogP contribution in [-0.4, -0.2) is 28.0 Å². The lowest BCUT2D eigenvalue weighted by Gasteiger charge is -2.41. The van der Waals surface area contributed by atoms with Gasteiger partial charge >= 0.3 is 6.03 Å². The Hall–Kier alpha value is -3.73. The number of carbonyl (C=O) groups excluding carboxylic acids is 1.